The van der Waals surface area contributed by atoms with Gasteiger partial charge in [-0.2, -0.15) is 0 Å². The van der Waals surface area contributed by atoms with Crippen LogP contribution < -0.4 is 11.1 Å². The summed E-state index contributed by atoms with van der Waals surface area (Å²) in [7, 11) is 0. The molecule has 0 fully saturated rings. The summed E-state index contributed by atoms with van der Waals surface area (Å²) in [5, 5.41) is 2.85. The van der Waals surface area contributed by atoms with Gasteiger partial charge >= 0.3 is 0 Å². The Kier molecular flexibility index (Phi) is 4.64. The second-order valence-electron chi connectivity index (χ2n) is 4.35. The fraction of sp³-hybridized carbons (Fsp3) is 0.200. The first kappa shape index (κ1) is 13.2. The Balaban J connectivity index is 1.81. The maximum absolute atomic E-state index is 11.8. The molecular weight excluding hydrogens is 238 g/mol. The Labute approximate surface area is 112 Å². The third kappa shape index (κ3) is 4.19. The molecule has 1 amide bonds. The summed E-state index contributed by atoms with van der Waals surface area (Å²) >= 11 is 0. The van der Waals surface area contributed by atoms with Crippen molar-refractivity contribution in [2.75, 3.05) is 6.54 Å². The van der Waals surface area contributed by atoms with Crippen LogP contribution in [0.5, 0.6) is 0 Å². The summed E-state index contributed by atoms with van der Waals surface area (Å²) in [5.41, 5.74) is 7.98. The molecule has 0 spiro atoms. The maximum Gasteiger partial charge on any atom is 0.224 e. The summed E-state index contributed by atoms with van der Waals surface area (Å²) in [6.07, 6.45) is 3.71. The quantitative estimate of drug-likeness (QED) is 0.849. The minimum atomic E-state index is -0.178. The van der Waals surface area contributed by atoms with Gasteiger partial charge in [0, 0.05) is 25.0 Å². The number of hydrogen-bond acceptors (Lipinski definition) is 3. The van der Waals surface area contributed by atoms with E-state index in [1.807, 2.05) is 42.5 Å². The molecule has 4 heteroatoms. The number of nitrogens with one attached hydrogen (secondary N) is 1. The second kappa shape index (κ2) is 6.66. The molecule has 1 aromatic heterocycles. The molecule has 0 aliphatic rings. The fourth-order valence-electron chi connectivity index (χ4n) is 1.79. The molecular formula is C15H17N3O. The molecule has 2 rings (SSSR count). The minimum absolute atomic E-state index is 0.0300. The lowest BCUT2D eigenvalue weighted by Gasteiger charge is -2.13. The van der Waals surface area contributed by atoms with Gasteiger partial charge in [0.1, 0.15) is 0 Å². The SMILES string of the molecule is NC(CNC(=O)Cc1ccncc1)c1ccccc1. The van der Waals surface area contributed by atoms with Gasteiger partial charge in [0.25, 0.3) is 0 Å². The predicted octanol–water partition coefficient (Wildman–Crippen LogP) is 1.44. The van der Waals surface area contributed by atoms with Crippen LogP contribution in [0.1, 0.15) is 17.2 Å². The van der Waals surface area contributed by atoms with E-state index < -0.39 is 0 Å². The highest BCUT2D eigenvalue weighted by Gasteiger charge is 2.08. The van der Waals surface area contributed by atoms with Crippen LogP contribution in [-0.2, 0) is 11.2 Å². The summed E-state index contributed by atoms with van der Waals surface area (Å²) in [5.74, 6) is -0.0300. The normalized spacial score (nSPS) is 11.8. The first-order chi connectivity index (χ1) is 9.25. The summed E-state index contributed by atoms with van der Waals surface area (Å²) in [4.78, 5) is 15.7. The van der Waals surface area contributed by atoms with Crippen molar-refractivity contribution >= 4 is 5.91 Å². The van der Waals surface area contributed by atoms with E-state index in [2.05, 4.69) is 10.3 Å². The van der Waals surface area contributed by atoms with E-state index in [9.17, 15) is 4.79 Å². The molecule has 0 radical (unpaired) electrons. The third-order valence-electron chi connectivity index (χ3n) is 2.86. The number of carbonyl (C=O) groups excluding carboxylic acids is 1. The summed E-state index contributed by atoms with van der Waals surface area (Å²) in [6, 6.07) is 13.2. The van der Waals surface area contributed by atoms with Gasteiger partial charge in [-0.05, 0) is 23.3 Å². The van der Waals surface area contributed by atoms with E-state index in [1.165, 1.54) is 0 Å². The van der Waals surface area contributed by atoms with E-state index in [0.717, 1.165) is 11.1 Å². The molecule has 1 atom stereocenters. The van der Waals surface area contributed by atoms with Crippen LogP contribution in [0.4, 0.5) is 0 Å². The topological polar surface area (TPSA) is 68.0 Å². The Morgan fingerprint density at radius 3 is 2.53 bits per heavy atom. The average molecular weight is 255 g/mol. The molecule has 0 saturated carbocycles. The summed E-state index contributed by atoms with van der Waals surface area (Å²) < 4.78 is 0. The van der Waals surface area contributed by atoms with Crippen LogP contribution in [0.15, 0.2) is 54.9 Å². The number of carbonyl (C=O) groups is 1. The molecule has 1 heterocycles. The lowest BCUT2D eigenvalue weighted by molar-refractivity contribution is -0.120. The molecule has 0 saturated heterocycles. The van der Waals surface area contributed by atoms with Crippen LogP contribution in [0.2, 0.25) is 0 Å². The molecule has 3 N–H and O–H groups in total. The summed E-state index contributed by atoms with van der Waals surface area (Å²) in [6.45, 7) is 0.438. The molecule has 1 aromatic carbocycles. The van der Waals surface area contributed by atoms with Crippen molar-refractivity contribution < 1.29 is 4.79 Å². The standard InChI is InChI=1S/C15H17N3O/c16-14(13-4-2-1-3-5-13)11-18-15(19)10-12-6-8-17-9-7-12/h1-9,14H,10-11,16H2,(H,18,19). The van der Waals surface area contributed by atoms with Gasteiger partial charge in [0.2, 0.25) is 5.91 Å². The van der Waals surface area contributed by atoms with E-state index in [1.54, 1.807) is 12.4 Å². The van der Waals surface area contributed by atoms with Crippen molar-refractivity contribution in [1.82, 2.24) is 10.3 Å². The minimum Gasteiger partial charge on any atom is -0.354 e. The average Bonchev–Trinajstić information content (AvgIpc) is 2.47. The highest BCUT2D eigenvalue weighted by atomic mass is 16.1. The first-order valence-electron chi connectivity index (χ1n) is 6.22. The van der Waals surface area contributed by atoms with Gasteiger partial charge in [0.15, 0.2) is 0 Å². The van der Waals surface area contributed by atoms with Gasteiger partial charge in [-0.15, -0.1) is 0 Å². The third-order valence-corrected chi connectivity index (χ3v) is 2.86. The molecule has 4 nitrogen and oxygen atoms in total. The van der Waals surface area contributed by atoms with Crippen molar-refractivity contribution in [1.29, 1.82) is 0 Å². The van der Waals surface area contributed by atoms with Crippen molar-refractivity contribution in [3.05, 3.63) is 66.0 Å². The van der Waals surface area contributed by atoms with Crippen molar-refractivity contribution in [2.45, 2.75) is 12.5 Å². The number of hydrogen-bond donors (Lipinski definition) is 2. The van der Waals surface area contributed by atoms with Crippen molar-refractivity contribution in [3.8, 4) is 0 Å². The zero-order chi connectivity index (χ0) is 13.5. The monoisotopic (exact) mass is 255 g/mol. The predicted molar refractivity (Wildman–Crippen MR) is 74.3 cm³/mol. The highest BCUT2D eigenvalue weighted by molar-refractivity contribution is 5.78. The number of aromatic nitrogens is 1. The fourth-order valence-corrected chi connectivity index (χ4v) is 1.79. The number of benzene rings is 1. The molecule has 2 aromatic rings. The van der Waals surface area contributed by atoms with E-state index in [0.29, 0.717) is 13.0 Å². The molecule has 0 bridgehead atoms. The van der Waals surface area contributed by atoms with E-state index in [-0.39, 0.29) is 11.9 Å². The number of rotatable bonds is 5. The van der Waals surface area contributed by atoms with E-state index in [4.69, 9.17) is 5.73 Å². The lowest BCUT2D eigenvalue weighted by Crippen LogP contribution is -2.32. The van der Waals surface area contributed by atoms with Gasteiger partial charge < -0.3 is 11.1 Å². The number of nitrogens with two attached hydrogens (primary N) is 1. The molecule has 1 unspecified atom stereocenters. The van der Waals surface area contributed by atoms with Gasteiger partial charge in [0.05, 0.1) is 6.42 Å². The maximum atomic E-state index is 11.8. The highest BCUT2D eigenvalue weighted by Crippen LogP contribution is 2.08. The van der Waals surface area contributed by atoms with Gasteiger partial charge in [-0.3, -0.25) is 9.78 Å². The van der Waals surface area contributed by atoms with Crippen molar-refractivity contribution in [3.63, 3.8) is 0 Å². The smallest absolute Gasteiger partial charge is 0.224 e. The van der Waals surface area contributed by atoms with Gasteiger partial charge in [-0.1, -0.05) is 30.3 Å². The number of pyridine rings is 1. The first-order valence-corrected chi connectivity index (χ1v) is 6.22. The Morgan fingerprint density at radius 2 is 1.84 bits per heavy atom. The zero-order valence-electron chi connectivity index (χ0n) is 10.6. The van der Waals surface area contributed by atoms with Crippen LogP contribution in [0.3, 0.4) is 0 Å². The number of amides is 1. The lowest BCUT2D eigenvalue weighted by atomic mass is 10.1. The Hall–Kier alpha value is -2.20. The van der Waals surface area contributed by atoms with Crippen molar-refractivity contribution in [2.24, 2.45) is 5.73 Å². The Bertz CT molecular complexity index is 513. The number of nitrogens with zero attached hydrogens (tertiary/aromatic N) is 1. The van der Waals surface area contributed by atoms with E-state index >= 15 is 0 Å². The molecule has 0 aliphatic carbocycles. The Morgan fingerprint density at radius 1 is 1.16 bits per heavy atom. The van der Waals surface area contributed by atoms with Crippen LogP contribution in [0, 0.1) is 0 Å². The second-order valence-corrected chi connectivity index (χ2v) is 4.35. The zero-order valence-corrected chi connectivity index (χ0v) is 10.6. The molecule has 0 aliphatic heterocycles. The van der Waals surface area contributed by atoms with Crippen LogP contribution in [-0.4, -0.2) is 17.4 Å². The van der Waals surface area contributed by atoms with Crippen LogP contribution in [0.25, 0.3) is 0 Å². The van der Waals surface area contributed by atoms with Crippen LogP contribution >= 0.6 is 0 Å². The van der Waals surface area contributed by atoms with Gasteiger partial charge in [-0.25, -0.2) is 0 Å². The molecule has 98 valence electrons. The molecule has 19 heavy (non-hydrogen) atoms. The largest absolute Gasteiger partial charge is 0.354 e.